The maximum atomic E-state index is 12.3. The van der Waals surface area contributed by atoms with Gasteiger partial charge in [0, 0.05) is 28.0 Å². The Bertz CT molecular complexity index is 909. The van der Waals surface area contributed by atoms with Gasteiger partial charge in [0.2, 0.25) is 0 Å². The van der Waals surface area contributed by atoms with Crippen LogP contribution in [-0.4, -0.2) is 28.0 Å². The van der Waals surface area contributed by atoms with E-state index < -0.39 is 17.9 Å². The number of fused-ring (bicyclic) bond motifs is 1. The first kappa shape index (κ1) is 16.6. The predicted octanol–water partition coefficient (Wildman–Crippen LogP) is 3.48. The molecule has 1 amide bonds. The van der Waals surface area contributed by atoms with E-state index in [1.807, 2.05) is 29.6 Å². The molecule has 3 aromatic rings. The van der Waals surface area contributed by atoms with Crippen LogP contribution in [0.1, 0.15) is 15.9 Å². The van der Waals surface area contributed by atoms with E-state index >= 15 is 0 Å². The van der Waals surface area contributed by atoms with Gasteiger partial charge in [0.05, 0.1) is 5.56 Å². The molecule has 24 heavy (non-hydrogen) atoms. The maximum Gasteiger partial charge on any atom is 0.326 e. The predicted molar refractivity (Wildman–Crippen MR) is 96.4 cm³/mol. The topological polar surface area (TPSA) is 79.3 Å². The van der Waals surface area contributed by atoms with Crippen LogP contribution >= 0.6 is 27.3 Å². The second-order valence-electron chi connectivity index (χ2n) is 5.22. The molecule has 0 saturated carbocycles. The summed E-state index contributed by atoms with van der Waals surface area (Å²) in [4.78, 5) is 27.8. The molecule has 0 bridgehead atoms. The molecule has 0 spiro atoms. The molecule has 0 fully saturated rings. The number of benzene rings is 1. The molecule has 3 rings (SSSR count). The second-order valence-corrected chi connectivity index (χ2v) is 7.04. The zero-order valence-electron chi connectivity index (χ0n) is 12.4. The normalized spacial score (nSPS) is 12.0. The molecular formula is C17H13BrN2O3S. The number of hydrogen-bond acceptors (Lipinski definition) is 4. The number of carbonyl (C=O) groups is 2. The van der Waals surface area contributed by atoms with Crippen LogP contribution in [0.25, 0.3) is 10.1 Å². The fourth-order valence-corrected chi connectivity index (χ4v) is 3.73. The zero-order chi connectivity index (χ0) is 17.1. The van der Waals surface area contributed by atoms with E-state index in [0.717, 1.165) is 15.6 Å². The fraction of sp³-hybridized carbons (Fsp3) is 0.118. The van der Waals surface area contributed by atoms with Crippen molar-refractivity contribution in [3.63, 3.8) is 0 Å². The fourth-order valence-electron chi connectivity index (χ4n) is 2.39. The number of thiophene rings is 1. The summed E-state index contributed by atoms with van der Waals surface area (Å²) in [5.74, 6) is -1.53. The number of aromatic nitrogens is 1. The van der Waals surface area contributed by atoms with Gasteiger partial charge in [-0.1, -0.05) is 18.2 Å². The lowest BCUT2D eigenvalue weighted by Crippen LogP contribution is -2.42. The molecule has 0 unspecified atom stereocenters. The molecule has 2 heterocycles. The Balaban J connectivity index is 1.80. The Morgan fingerprint density at radius 3 is 2.83 bits per heavy atom. The smallest absolute Gasteiger partial charge is 0.326 e. The van der Waals surface area contributed by atoms with E-state index in [9.17, 15) is 14.7 Å². The highest BCUT2D eigenvalue weighted by atomic mass is 79.9. The molecule has 0 aliphatic rings. The number of pyridine rings is 1. The Kier molecular flexibility index (Phi) is 4.92. The van der Waals surface area contributed by atoms with Gasteiger partial charge in [-0.05, 0) is 44.4 Å². The minimum Gasteiger partial charge on any atom is -0.480 e. The number of carboxylic acids is 1. The first-order valence-electron chi connectivity index (χ1n) is 7.14. The van der Waals surface area contributed by atoms with Crippen molar-refractivity contribution in [2.24, 2.45) is 0 Å². The van der Waals surface area contributed by atoms with Gasteiger partial charge in [-0.2, -0.15) is 0 Å². The van der Waals surface area contributed by atoms with Gasteiger partial charge < -0.3 is 10.4 Å². The van der Waals surface area contributed by atoms with Crippen molar-refractivity contribution in [1.82, 2.24) is 10.3 Å². The summed E-state index contributed by atoms with van der Waals surface area (Å²) in [5.41, 5.74) is 1.22. The Morgan fingerprint density at radius 2 is 2.08 bits per heavy atom. The summed E-state index contributed by atoms with van der Waals surface area (Å²) in [5, 5.41) is 15.0. The van der Waals surface area contributed by atoms with Crippen molar-refractivity contribution >= 4 is 49.2 Å². The largest absolute Gasteiger partial charge is 0.480 e. The van der Waals surface area contributed by atoms with E-state index in [2.05, 4.69) is 26.2 Å². The number of nitrogens with zero attached hydrogens (tertiary/aromatic N) is 1. The van der Waals surface area contributed by atoms with Gasteiger partial charge in [0.25, 0.3) is 5.91 Å². The minimum atomic E-state index is -1.07. The number of aliphatic carboxylic acids is 1. The minimum absolute atomic E-state index is 0.229. The zero-order valence-corrected chi connectivity index (χ0v) is 14.8. The lowest BCUT2D eigenvalue weighted by Gasteiger charge is -2.14. The molecule has 2 aromatic heterocycles. The van der Waals surface area contributed by atoms with Crippen LogP contribution in [-0.2, 0) is 11.2 Å². The van der Waals surface area contributed by atoms with E-state index in [1.165, 1.54) is 6.20 Å². The van der Waals surface area contributed by atoms with Gasteiger partial charge in [0.1, 0.15) is 6.04 Å². The summed E-state index contributed by atoms with van der Waals surface area (Å²) < 4.78 is 1.75. The number of amides is 1. The molecule has 7 heteroatoms. The number of rotatable bonds is 5. The van der Waals surface area contributed by atoms with E-state index in [4.69, 9.17) is 0 Å². The van der Waals surface area contributed by atoms with Crippen molar-refractivity contribution in [2.75, 3.05) is 0 Å². The third-order valence-electron chi connectivity index (χ3n) is 3.56. The molecule has 1 aromatic carbocycles. The van der Waals surface area contributed by atoms with E-state index in [-0.39, 0.29) is 6.42 Å². The molecule has 0 aliphatic heterocycles. The maximum absolute atomic E-state index is 12.3. The third kappa shape index (κ3) is 3.63. The summed E-state index contributed by atoms with van der Waals surface area (Å²) in [6.07, 6.45) is 3.19. The quantitative estimate of drug-likeness (QED) is 0.681. The van der Waals surface area contributed by atoms with Crippen LogP contribution in [0.4, 0.5) is 0 Å². The van der Waals surface area contributed by atoms with Gasteiger partial charge in [-0.15, -0.1) is 11.3 Å². The lowest BCUT2D eigenvalue weighted by molar-refractivity contribution is -0.139. The van der Waals surface area contributed by atoms with Gasteiger partial charge in [0.15, 0.2) is 0 Å². The average molecular weight is 405 g/mol. The van der Waals surface area contributed by atoms with Crippen LogP contribution in [0.3, 0.4) is 0 Å². The number of carboxylic acid groups (broad SMARTS) is 1. The standard InChI is InChI=1S/C17H13BrN2O3S/c18-12-5-10(7-19-8-12)16(21)20-14(17(22)23)6-11-9-24-15-4-2-1-3-13(11)15/h1-5,7-9,14H,6H2,(H,20,21)(H,22,23)/t14-/m0/s1. The molecule has 2 N–H and O–H groups in total. The highest BCUT2D eigenvalue weighted by molar-refractivity contribution is 9.10. The molecule has 1 atom stereocenters. The number of hydrogen-bond donors (Lipinski definition) is 2. The van der Waals surface area contributed by atoms with Crippen LogP contribution in [0.2, 0.25) is 0 Å². The van der Waals surface area contributed by atoms with Gasteiger partial charge >= 0.3 is 5.97 Å². The van der Waals surface area contributed by atoms with E-state index in [0.29, 0.717) is 10.0 Å². The Morgan fingerprint density at radius 1 is 1.29 bits per heavy atom. The van der Waals surface area contributed by atoms with Crippen LogP contribution in [0.5, 0.6) is 0 Å². The van der Waals surface area contributed by atoms with Crippen LogP contribution in [0, 0.1) is 0 Å². The molecule has 5 nitrogen and oxygen atoms in total. The molecule has 0 aliphatic carbocycles. The van der Waals surface area contributed by atoms with Gasteiger partial charge in [-0.3, -0.25) is 9.78 Å². The molecular weight excluding hydrogens is 392 g/mol. The highest BCUT2D eigenvalue weighted by Gasteiger charge is 2.22. The van der Waals surface area contributed by atoms with Gasteiger partial charge in [-0.25, -0.2) is 4.79 Å². The molecule has 0 radical (unpaired) electrons. The van der Waals surface area contributed by atoms with Crippen LogP contribution < -0.4 is 5.32 Å². The van der Waals surface area contributed by atoms with Crippen molar-refractivity contribution in [3.8, 4) is 0 Å². The molecule has 0 saturated heterocycles. The summed E-state index contributed by atoms with van der Waals surface area (Å²) in [6, 6.07) is 8.40. The Hall–Kier alpha value is -2.25. The van der Waals surface area contributed by atoms with Crippen LogP contribution in [0.15, 0.2) is 52.6 Å². The molecule has 122 valence electrons. The first-order valence-corrected chi connectivity index (χ1v) is 8.81. The number of halogens is 1. The van der Waals surface area contributed by atoms with E-state index in [1.54, 1.807) is 23.6 Å². The highest BCUT2D eigenvalue weighted by Crippen LogP contribution is 2.26. The first-order chi connectivity index (χ1) is 11.5. The van der Waals surface area contributed by atoms with Crippen molar-refractivity contribution in [2.45, 2.75) is 12.5 Å². The third-order valence-corrected chi connectivity index (χ3v) is 5.00. The SMILES string of the molecule is O=C(N[C@@H](Cc1csc2ccccc12)C(=O)O)c1cncc(Br)c1. The summed E-state index contributed by atoms with van der Waals surface area (Å²) in [7, 11) is 0. The monoisotopic (exact) mass is 404 g/mol. The lowest BCUT2D eigenvalue weighted by atomic mass is 10.0. The average Bonchev–Trinajstić information content (AvgIpc) is 2.97. The number of carbonyl (C=O) groups excluding carboxylic acids is 1. The second kappa shape index (κ2) is 7.11. The summed E-state index contributed by atoms with van der Waals surface area (Å²) >= 11 is 4.81. The van der Waals surface area contributed by atoms with Crippen molar-refractivity contribution in [3.05, 3.63) is 63.7 Å². The summed E-state index contributed by atoms with van der Waals surface area (Å²) in [6.45, 7) is 0. The van der Waals surface area contributed by atoms with Crippen molar-refractivity contribution in [1.29, 1.82) is 0 Å². The number of nitrogens with one attached hydrogen (secondary N) is 1. The van der Waals surface area contributed by atoms with Crippen molar-refractivity contribution < 1.29 is 14.7 Å². The Labute approximate surface area is 150 Å².